The molecule has 116 valence electrons. The number of hydrogen-bond donors (Lipinski definition) is 2. The molecule has 0 spiro atoms. The van der Waals surface area contributed by atoms with Crippen LogP contribution in [0.5, 0.6) is 0 Å². The lowest BCUT2D eigenvalue weighted by Crippen LogP contribution is -2.22. The Kier molecular flexibility index (Phi) is 5.21. The molecule has 0 saturated heterocycles. The van der Waals surface area contributed by atoms with Crippen molar-refractivity contribution in [2.24, 2.45) is 0 Å². The molecule has 0 bridgehead atoms. The number of hydrogen-bond acceptors (Lipinski definition) is 4. The zero-order chi connectivity index (χ0) is 15.5. The first-order chi connectivity index (χ1) is 9.96. The highest BCUT2D eigenvalue weighted by Gasteiger charge is 2.18. The van der Waals surface area contributed by atoms with Crippen molar-refractivity contribution in [3.05, 3.63) is 39.8 Å². The summed E-state index contributed by atoms with van der Waals surface area (Å²) in [6.07, 6.45) is 1.69. The summed E-state index contributed by atoms with van der Waals surface area (Å²) in [4.78, 5) is 2.52. The average molecular weight is 327 g/mol. The molecule has 0 aliphatic carbocycles. The van der Waals surface area contributed by atoms with Gasteiger partial charge in [0.05, 0.1) is 4.90 Å². The second kappa shape index (κ2) is 6.74. The van der Waals surface area contributed by atoms with Crippen molar-refractivity contribution in [2.75, 3.05) is 7.05 Å². The van der Waals surface area contributed by atoms with Crippen LogP contribution in [-0.4, -0.2) is 20.0 Å². The minimum Gasteiger partial charge on any atom is -0.349 e. The van der Waals surface area contributed by atoms with E-state index in [-0.39, 0.29) is 0 Å². The number of sulfonamides is 1. The standard InChI is InChI=1S/C14H21N3O2S2/c1-4-17-10-14(7-12(17)8-15-3)21(18,19)16-9-13-6-5-11(2)20-13/h5-7,10,15-16H,4,8-9H2,1-3H3. The van der Waals surface area contributed by atoms with E-state index in [1.165, 1.54) is 4.88 Å². The van der Waals surface area contributed by atoms with E-state index >= 15 is 0 Å². The third kappa shape index (κ3) is 3.94. The number of rotatable bonds is 7. The van der Waals surface area contributed by atoms with E-state index in [9.17, 15) is 8.42 Å². The lowest BCUT2D eigenvalue weighted by molar-refractivity contribution is 0.581. The molecule has 0 saturated carbocycles. The van der Waals surface area contributed by atoms with Crippen LogP contribution in [0, 0.1) is 6.92 Å². The summed E-state index contributed by atoms with van der Waals surface area (Å²) in [5.74, 6) is 0. The molecule has 0 unspecified atom stereocenters. The minimum atomic E-state index is -3.47. The molecule has 0 aliphatic heterocycles. The molecule has 0 fully saturated rings. The molecule has 2 N–H and O–H groups in total. The van der Waals surface area contributed by atoms with Crippen molar-refractivity contribution in [3.8, 4) is 0 Å². The number of aryl methyl sites for hydroxylation is 2. The van der Waals surface area contributed by atoms with Gasteiger partial charge in [0, 0.05) is 41.3 Å². The van der Waals surface area contributed by atoms with Crippen LogP contribution in [0.15, 0.2) is 29.3 Å². The van der Waals surface area contributed by atoms with Gasteiger partial charge in [0.1, 0.15) is 0 Å². The van der Waals surface area contributed by atoms with Gasteiger partial charge in [0.15, 0.2) is 0 Å². The molecule has 5 nitrogen and oxygen atoms in total. The number of thiophene rings is 1. The third-order valence-electron chi connectivity index (χ3n) is 3.20. The van der Waals surface area contributed by atoms with Crippen LogP contribution in [0.2, 0.25) is 0 Å². The first-order valence-corrected chi connectivity index (χ1v) is 9.15. The predicted molar refractivity (Wildman–Crippen MR) is 86.0 cm³/mol. The van der Waals surface area contributed by atoms with Gasteiger partial charge in [0.25, 0.3) is 0 Å². The van der Waals surface area contributed by atoms with E-state index in [0.29, 0.717) is 18.0 Å². The van der Waals surface area contributed by atoms with Crippen LogP contribution in [-0.2, 0) is 29.7 Å². The Labute approximate surface area is 130 Å². The second-order valence-electron chi connectivity index (χ2n) is 4.82. The fourth-order valence-electron chi connectivity index (χ4n) is 2.13. The lowest BCUT2D eigenvalue weighted by Gasteiger charge is -2.04. The molecule has 0 aliphatic rings. The van der Waals surface area contributed by atoms with Crippen LogP contribution < -0.4 is 10.0 Å². The summed E-state index contributed by atoms with van der Waals surface area (Å²) in [7, 11) is -1.63. The fourth-order valence-corrected chi connectivity index (χ4v) is 4.12. The Morgan fingerprint density at radius 1 is 1.29 bits per heavy atom. The van der Waals surface area contributed by atoms with Gasteiger partial charge in [0.2, 0.25) is 10.0 Å². The van der Waals surface area contributed by atoms with Crippen molar-refractivity contribution in [3.63, 3.8) is 0 Å². The highest BCUT2D eigenvalue weighted by Crippen LogP contribution is 2.18. The normalized spacial score (nSPS) is 12.0. The Balaban J connectivity index is 2.15. The van der Waals surface area contributed by atoms with Gasteiger partial charge in [-0.25, -0.2) is 13.1 Å². The molecular weight excluding hydrogens is 306 g/mol. The maximum absolute atomic E-state index is 12.4. The zero-order valence-corrected chi connectivity index (χ0v) is 14.1. The Morgan fingerprint density at radius 2 is 2.05 bits per heavy atom. The average Bonchev–Trinajstić information content (AvgIpc) is 3.04. The quantitative estimate of drug-likeness (QED) is 0.818. The predicted octanol–water partition coefficient (Wildman–Crippen LogP) is 2.08. The molecular formula is C14H21N3O2S2. The van der Waals surface area contributed by atoms with Crippen molar-refractivity contribution >= 4 is 21.4 Å². The van der Waals surface area contributed by atoms with Gasteiger partial charge in [-0.1, -0.05) is 0 Å². The largest absolute Gasteiger partial charge is 0.349 e. The summed E-state index contributed by atoms with van der Waals surface area (Å²) in [6, 6.07) is 5.67. The number of nitrogens with one attached hydrogen (secondary N) is 2. The summed E-state index contributed by atoms with van der Waals surface area (Å²) >= 11 is 1.60. The van der Waals surface area contributed by atoms with E-state index in [1.54, 1.807) is 23.6 Å². The van der Waals surface area contributed by atoms with E-state index in [0.717, 1.165) is 17.1 Å². The maximum atomic E-state index is 12.4. The smallest absolute Gasteiger partial charge is 0.242 e. The highest BCUT2D eigenvalue weighted by atomic mass is 32.2. The SMILES string of the molecule is CCn1cc(S(=O)(=O)NCc2ccc(C)s2)cc1CNC. The molecule has 21 heavy (non-hydrogen) atoms. The molecule has 7 heteroatoms. The van der Waals surface area contributed by atoms with Gasteiger partial charge in [-0.05, 0) is 39.1 Å². The van der Waals surface area contributed by atoms with Crippen LogP contribution in [0.3, 0.4) is 0 Å². The Bertz CT molecular complexity index is 702. The van der Waals surface area contributed by atoms with Gasteiger partial charge in [-0.2, -0.15) is 0 Å². The topological polar surface area (TPSA) is 63.1 Å². The second-order valence-corrected chi connectivity index (χ2v) is 7.96. The molecule has 0 amide bonds. The Morgan fingerprint density at radius 3 is 2.62 bits per heavy atom. The molecule has 2 aromatic rings. The molecule has 0 radical (unpaired) electrons. The number of nitrogens with zero attached hydrogens (tertiary/aromatic N) is 1. The van der Waals surface area contributed by atoms with Crippen LogP contribution in [0.4, 0.5) is 0 Å². The summed E-state index contributed by atoms with van der Waals surface area (Å²) in [5, 5.41) is 3.05. The van der Waals surface area contributed by atoms with Gasteiger partial charge in [-0.3, -0.25) is 0 Å². The lowest BCUT2D eigenvalue weighted by atomic mass is 10.4. The van der Waals surface area contributed by atoms with Crippen LogP contribution >= 0.6 is 11.3 Å². The zero-order valence-electron chi connectivity index (χ0n) is 12.5. The van der Waals surface area contributed by atoms with Gasteiger partial charge in [-0.15, -0.1) is 11.3 Å². The van der Waals surface area contributed by atoms with Crippen molar-refractivity contribution in [1.82, 2.24) is 14.6 Å². The van der Waals surface area contributed by atoms with Crippen molar-refractivity contribution in [1.29, 1.82) is 0 Å². The first-order valence-electron chi connectivity index (χ1n) is 6.85. The van der Waals surface area contributed by atoms with E-state index in [1.807, 2.05) is 37.6 Å². The van der Waals surface area contributed by atoms with Gasteiger partial charge < -0.3 is 9.88 Å². The summed E-state index contributed by atoms with van der Waals surface area (Å²) in [6.45, 7) is 5.73. The monoisotopic (exact) mass is 327 g/mol. The molecule has 0 aromatic carbocycles. The van der Waals surface area contributed by atoms with E-state index in [4.69, 9.17) is 0 Å². The molecule has 2 aromatic heterocycles. The van der Waals surface area contributed by atoms with Crippen molar-refractivity contribution < 1.29 is 8.42 Å². The van der Waals surface area contributed by atoms with Crippen molar-refractivity contribution in [2.45, 2.75) is 38.4 Å². The maximum Gasteiger partial charge on any atom is 0.242 e. The van der Waals surface area contributed by atoms with E-state index < -0.39 is 10.0 Å². The highest BCUT2D eigenvalue weighted by molar-refractivity contribution is 7.89. The third-order valence-corrected chi connectivity index (χ3v) is 5.57. The van der Waals surface area contributed by atoms with Crippen LogP contribution in [0.1, 0.15) is 22.4 Å². The van der Waals surface area contributed by atoms with Crippen LogP contribution in [0.25, 0.3) is 0 Å². The molecule has 2 rings (SSSR count). The number of aromatic nitrogens is 1. The molecule has 2 heterocycles. The minimum absolute atomic E-state index is 0.322. The summed E-state index contributed by atoms with van der Waals surface area (Å²) in [5.41, 5.74) is 0.965. The summed E-state index contributed by atoms with van der Waals surface area (Å²) < 4.78 is 29.3. The molecule has 0 atom stereocenters. The van der Waals surface area contributed by atoms with E-state index in [2.05, 4.69) is 10.0 Å². The van der Waals surface area contributed by atoms with Gasteiger partial charge >= 0.3 is 0 Å². The Hall–Kier alpha value is -1.15. The fraction of sp³-hybridized carbons (Fsp3) is 0.429. The first kappa shape index (κ1) is 16.2.